The topological polar surface area (TPSA) is 66.4 Å². The molecule has 1 aromatic rings. The molecule has 1 saturated carbocycles. The van der Waals surface area contributed by atoms with Gasteiger partial charge in [-0.1, -0.05) is 45.0 Å². The molecule has 0 spiro atoms. The van der Waals surface area contributed by atoms with E-state index in [1.165, 1.54) is 5.56 Å². The Bertz CT molecular complexity index is 564. The van der Waals surface area contributed by atoms with Gasteiger partial charge in [-0.25, -0.2) is 0 Å². The molecule has 0 aliphatic heterocycles. The Hall–Kier alpha value is -1.84. The summed E-state index contributed by atoms with van der Waals surface area (Å²) in [5, 5.41) is 12.0. The highest BCUT2D eigenvalue weighted by molar-refractivity contribution is 5.76. The van der Waals surface area contributed by atoms with Crippen LogP contribution >= 0.6 is 0 Å². The van der Waals surface area contributed by atoms with E-state index in [0.29, 0.717) is 31.7 Å². The zero-order valence-corrected chi connectivity index (χ0v) is 15.0. The Kier molecular flexibility index (Phi) is 6.03. The quantitative estimate of drug-likeness (QED) is 0.860. The van der Waals surface area contributed by atoms with Gasteiger partial charge < -0.3 is 10.4 Å². The molecular formula is C20H29NO3. The van der Waals surface area contributed by atoms with Gasteiger partial charge in [0.25, 0.3) is 0 Å². The van der Waals surface area contributed by atoms with Crippen molar-refractivity contribution >= 4 is 11.9 Å². The lowest BCUT2D eigenvalue weighted by atomic mass is 9.80. The third-order valence-electron chi connectivity index (χ3n) is 4.98. The number of carboxylic acids is 1. The van der Waals surface area contributed by atoms with E-state index in [1.807, 2.05) is 0 Å². The summed E-state index contributed by atoms with van der Waals surface area (Å²) in [5.74, 6) is -0.528. The van der Waals surface area contributed by atoms with Gasteiger partial charge in [-0.15, -0.1) is 0 Å². The van der Waals surface area contributed by atoms with Crippen molar-refractivity contribution in [2.75, 3.05) is 0 Å². The normalized spacial score (nSPS) is 21.3. The van der Waals surface area contributed by atoms with Crippen molar-refractivity contribution in [2.24, 2.45) is 11.8 Å². The van der Waals surface area contributed by atoms with Crippen molar-refractivity contribution < 1.29 is 14.7 Å². The third-order valence-corrected chi connectivity index (χ3v) is 4.98. The summed E-state index contributed by atoms with van der Waals surface area (Å²) in [6, 6.07) is 8.38. The lowest BCUT2D eigenvalue weighted by Gasteiger charge is -2.25. The van der Waals surface area contributed by atoms with Crippen LogP contribution in [0.5, 0.6) is 0 Å². The number of carboxylic acid groups (broad SMARTS) is 1. The fourth-order valence-corrected chi connectivity index (χ4v) is 3.27. The Morgan fingerprint density at radius 2 is 1.67 bits per heavy atom. The molecule has 0 radical (unpaired) electrons. The number of hydrogen-bond acceptors (Lipinski definition) is 2. The van der Waals surface area contributed by atoms with Gasteiger partial charge in [0.05, 0.1) is 5.92 Å². The Labute approximate surface area is 144 Å². The molecule has 0 heterocycles. The minimum Gasteiger partial charge on any atom is -0.481 e. The van der Waals surface area contributed by atoms with E-state index in [4.69, 9.17) is 5.11 Å². The van der Waals surface area contributed by atoms with Crippen LogP contribution in [0.15, 0.2) is 24.3 Å². The largest absolute Gasteiger partial charge is 0.481 e. The SMILES string of the molecule is CC(C)(C)c1ccc(CNC(=O)CC2CCC(C(=O)O)CC2)cc1. The van der Waals surface area contributed by atoms with Gasteiger partial charge in [-0.05, 0) is 48.1 Å². The molecule has 0 bridgehead atoms. The molecule has 0 unspecified atom stereocenters. The highest BCUT2D eigenvalue weighted by Crippen LogP contribution is 2.30. The molecule has 1 aromatic carbocycles. The van der Waals surface area contributed by atoms with Crippen LogP contribution in [0.25, 0.3) is 0 Å². The van der Waals surface area contributed by atoms with Gasteiger partial charge in [0.15, 0.2) is 0 Å². The first kappa shape index (κ1) is 18.5. The second kappa shape index (κ2) is 7.82. The third kappa shape index (κ3) is 5.36. The van der Waals surface area contributed by atoms with Gasteiger partial charge in [0.1, 0.15) is 0 Å². The first-order valence-corrected chi connectivity index (χ1v) is 8.84. The van der Waals surface area contributed by atoms with Crippen LogP contribution in [-0.4, -0.2) is 17.0 Å². The standard InChI is InChI=1S/C20H29NO3/c1-20(2,3)17-10-6-15(7-11-17)13-21-18(22)12-14-4-8-16(9-5-14)19(23)24/h6-7,10-11,14,16H,4-5,8-9,12-13H2,1-3H3,(H,21,22)(H,23,24). The average molecular weight is 331 g/mol. The van der Waals surface area contributed by atoms with Gasteiger partial charge in [-0.2, -0.15) is 0 Å². The average Bonchev–Trinajstić information content (AvgIpc) is 2.53. The fourth-order valence-electron chi connectivity index (χ4n) is 3.27. The fraction of sp³-hybridized carbons (Fsp3) is 0.600. The molecule has 4 heteroatoms. The number of hydrogen-bond donors (Lipinski definition) is 2. The van der Waals surface area contributed by atoms with E-state index in [2.05, 4.69) is 50.4 Å². The maximum atomic E-state index is 12.1. The first-order chi connectivity index (χ1) is 11.3. The smallest absolute Gasteiger partial charge is 0.306 e. The molecule has 2 rings (SSSR count). The number of nitrogens with one attached hydrogen (secondary N) is 1. The predicted molar refractivity (Wildman–Crippen MR) is 94.7 cm³/mol. The van der Waals surface area contributed by atoms with Crippen LogP contribution in [0.4, 0.5) is 0 Å². The van der Waals surface area contributed by atoms with Crippen LogP contribution in [0.1, 0.15) is 64.0 Å². The molecule has 0 atom stereocenters. The number of carbonyl (C=O) groups excluding carboxylic acids is 1. The Balaban J connectivity index is 1.75. The number of carbonyl (C=O) groups is 2. The Morgan fingerprint density at radius 1 is 1.08 bits per heavy atom. The molecule has 24 heavy (non-hydrogen) atoms. The molecule has 132 valence electrons. The van der Waals surface area contributed by atoms with Crippen molar-refractivity contribution in [3.8, 4) is 0 Å². The predicted octanol–water partition coefficient (Wildman–Crippen LogP) is 3.88. The van der Waals surface area contributed by atoms with Crippen LogP contribution < -0.4 is 5.32 Å². The zero-order valence-electron chi connectivity index (χ0n) is 15.0. The molecule has 1 aliphatic rings. The summed E-state index contributed by atoms with van der Waals surface area (Å²) in [4.78, 5) is 23.0. The van der Waals surface area contributed by atoms with E-state index in [0.717, 1.165) is 18.4 Å². The summed E-state index contributed by atoms with van der Waals surface area (Å²) >= 11 is 0. The molecule has 1 fully saturated rings. The van der Waals surface area contributed by atoms with E-state index in [-0.39, 0.29) is 17.2 Å². The van der Waals surface area contributed by atoms with Crippen LogP contribution in [0.2, 0.25) is 0 Å². The molecule has 0 saturated heterocycles. The van der Waals surface area contributed by atoms with Crippen molar-refractivity contribution in [1.29, 1.82) is 0 Å². The highest BCUT2D eigenvalue weighted by Gasteiger charge is 2.27. The summed E-state index contributed by atoms with van der Waals surface area (Å²) in [5.41, 5.74) is 2.52. The maximum Gasteiger partial charge on any atom is 0.306 e. The van der Waals surface area contributed by atoms with E-state index in [1.54, 1.807) is 0 Å². The molecule has 4 nitrogen and oxygen atoms in total. The number of aliphatic carboxylic acids is 1. The van der Waals surface area contributed by atoms with Crippen molar-refractivity contribution in [3.63, 3.8) is 0 Å². The second-order valence-corrected chi connectivity index (χ2v) is 7.98. The lowest BCUT2D eigenvalue weighted by molar-refractivity contribution is -0.143. The molecule has 2 N–H and O–H groups in total. The molecule has 0 aromatic heterocycles. The summed E-state index contributed by atoms with van der Waals surface area (Å²) in [6.45, 7) is 7.10. The minimum atomic E-state index is -0.698. The van der Waals surface area contributed by atoms with Crippen molar-refractivity contribution in [2.45, 2.75) is 64.8 Å². The van der Waals surface area contributed by atoms with E-state index < -0.39 is 5.97 Å². The van der Waals surface area contributed by atoms with Crippen LogP contribution in [0, 0.1) is 11.8 Å². The molecule has 1 aliphatic carbocycles. The maximum absolute atomic E-state index is 12.1. The number of benzene rings is 1. The monoisotopic (exact) mass is 331 g/mol. The summed E-state index contributed by atoms with van der Waals surface area (Å²) in [7, 11) is 0. The minimum absolute atomic E-state index is 0.0636. The highest BCUT2D eigenvalue weighted by atomic mass is 16.4. The Morgan fingerprint density at radius 3 is 2.17 bits per heavy atom. The lowest BCUT2D eigenvalue weighted by Crippen LogP contribution is -2.28. The van der Waals surface area contributed by atoms with Crippen molar-refractivity contribution in [1.82, 2.24) is 5.32 Å². The molecule has 1 amide bonds. The van der Waals surface area contributed by atoms with E-state index in [9.17, 15) is 9.59 Å². The van der Waals surface area contributed by atoms with E-state index >= 15 is 0 Å². The number of rotatable bonds is 5. The summed E-state index contributed by atoms with van der Waals surface area (Å²) in [6.07, 6.45) is 3.57. The van der Waals surface area contributed by atoms with Crippen LogP contribution in [-0.2, 0) is 21.5 Å². The molecular weight excluding hydrogens is 302 g/mol. The van der Waals surface area contributed by atoms with Gasteiger partial charge in [-0.3, -0.25) is 9.59 Å². The number of amides is 1. The van der Waals surface area contributed by atoms with Gasteiger partial charge in [0, 0.05) is 13.0 Å². The summed E-state index contributed by atoms with van der Waals surface area (Å²) < 4.78 is 0. The van der Waals surface area contributed by atoms with Gasteiger partial charge >= 0.3 is 5.97 Å². The van der Waals surface area contributed by atoms with Crippen LogP contribution in [0.3, 0.4) is 0 Å². The van der Waals surface area contributed by atoms with Gasteiger partial charge in [0.2, 0.25) is 5.91 Å². The first-order valence-electron chi connectivity index (χ1n) is 8.84. The van der Waals surface area contributed by atoms with Crippen molar-refractivity contribution in [3.05, 3.63) is 35.4 Å². The zero-order chi connectivity index (χ0) is 17.7. The second-order valence-electron chi connectivity index (χ2n) is 7.98.